The number of esters is 1. The minimum Gasteiger partial charge on any atom is -0.460 e. The van der Waals surface area contributed by atoms with Crippen molar-refractivity contribution in [1.82, 2.24) is 0 Å². The molecule has 10 heteroatoms. The summed E-state index contributed by atoms with van der Waals surface area (Å²) in [5.41, 5.74) is 7.21. The summed E-state index contributed by atoms with van der Waals surface area (Å²) in [5.74, 6) is -2.45. The lowest BCUT2D eigenvalue weighted by Crippen LogP contribution is -2.51. The van der Waals surface area contributed by atoms with Crippen LogP contribution in [0.3, 0.4) is 0 Å². The molecule has 1 aromatic carbocycles. The van der Waals surface area contributed by atoms with E-state index in [1.165, 1.54) is 0 Å². The second-order valence-electron chi connectivity index (χ2n) is 8.91. The Kier molecular flexibility index (Phi) is 8.35. The highest BCUT2D eigenvalue weighted by Crippen LogP contribution is 2.33. The van der Waals surface area contributed by atoms with Crippen molar-refractivity contribution in [3.8, 4) is 0 Å². The van der Waals surface area contributed by atoms with Gasteiger partial charge in [0.1, 0.15) is 6.61 Å². The molecule has 32 heavy (non-hydrogen) atoms. The molecule has 180 valence electrons. The number of carbonyl (C=O) groups is 1. The molecule has 0 spiro atoms. The maximum Gasteiger partial charge on any atom is 0.313 e. The fourth-order valence-electron chi connectivity index (χ4n) is 4.79. The fourth-order valence-corrected chi connectivity index (χ4v) is 9.94. The molecule has 1 unspecified atom stereocenters. The molecule has 8 nitrogen and oxygen atoms in total. The molecule has 3 N–H and O–H groups in total. The van der Waals surface area contributed by atoms with Gasteiger partial charge in [-0.2, -0.15) is 0 Å². The van der Waals surface area contributed by atoms with Crippen LogP contribution in [-0.4, -0.2) is 56.1 Å². The fraction of sp³-hybridized carbons (Fsp3) is 0.682. The Balaban J connectivity index is 1.80. The SMILES string of the molecule is NC(C1CCCCC1)[C@H](C(=O)OCc1ccccc1)[C@@H](O)CC1S(=O)(=O)CCCS1(=O)=O. The van der Waals surface area contributed by atoms with Gasteiger partial charge in [-0.1, -0.05) is 49.6 Å². The molecule has 0 radical (unpaired) electrons. The summed E-state index contributed by atoms with van der Waals surface area (Å²) < 4.78 is 53.6. The van der Waals surface area contributed by atoms with Crippen molar-refractivity contribution in [2.75, 3.05) is 11.5 Å². The largest absolute Gasteiger partial charge is 0.460 e. The van der Waals surface area contributed by atoms with Crippen LogP contribution in [0.5, 0.6) is 0 Å². The highest BCUT2D eigenvalue weighted by Gasteiger charge is 2.46. The molecule has 1 saturated carbocycles. The maximum absolute atomic E-state index is 13.0. The van der Waals surface area contributed by atoms with E-state index in [1.807, 2.05) is 18.2 Å². The van der Waals surface area contributed by atoms with Gasteiger partial charge in [-0.15, -0.1) is 0 Å². The molecule has 3 atom stereocenters. The lowest BCUT2D eigenvalue weighted by atomic mass is 9.77. The number of nitrogens with two attached hydrogens (primary N) is 1. The predicted molar refractivity (Wildman–Crippen MR) is 121 cm³/mol. The van der Waals surface area contributed by atoms with E-state index in [2.05, 4.69) is 0 Å². The summed E-state index contributed by atoms with van der Waals surface area (Å²) >= 11 is 0. The Morgan fingerprint density at radius 1 is 1.00 bits per heavy atom. The van der Waals surface area contributed by atoms with Gasteiger partial charge in [-0.05, 0) is 30.7 Å². The van der Waals surface area contributed by atoms with Crippen molar-refractivity contribution < 1.29 is 31.5 Å². The van der Waals surface area contributed by atoms with Crippen molar-refractivity contribution in [1.29, 1.82) is 0 Å². The number of aliphatic hydroxyl groups is 1. The zero-order chi connectivity index (χ0) is 23.4. The van der Waals surface area contributed by atoms with Gasteiger partial charge in [0.2, 0.25) is 0 Å². The summed E-state index contributed by atoms with van der Waals surface area (Å²) in [6.07, 6.45) is 2.54. The average Bonchev–Trinajstić information content (AvgIpc) is 2.76. The number of aliphatic hydroxyl groups excluding tert-OH is 1. The Hall–Kier alpha value is -1.49. The number of ether oxygens (including phenoxy) is 1. The molecule has 1 aliphatic carbocycles. The minimum atomic E-state index is -3.93. The number of rotatable bonds is 8. The smallest absolute Gasteiger partial charge is 0.313 e. The molecule has 1 saturated heterocycles. The maximum atomic E-state index is 13.0. The van der Waals surface area contributed by atoms with E-state index >= 15 is 0 Å². The standard InChI is InChI=1S/C22H33NO7S2/c23-21(17-10-5-2-6-11-17)20(22(25)30-15-16-8-3-1-4-9-16)18(24)14-19-31(26,27)12-7-13-32(19,28)29/h1,3-4,8-9,17-21,24H,2,5-7,10-15,23H2/t18-,20+,21?/m0/s1. The van der Waals surface area contributed by atoms with Crippen molar-refractivity contribution in [2.24, 2.45) is 17.6 Å². The first kappa shape index (κ1) is 25.1. The van der Waals surface area contributed by atoms with Gasteiger partial charge in [0, 0.05) is 12.5 Å². The Morgan fingerprint density at radius 3 is 2.19 bits per heavy atom. The second kappa shape index (κ2) is 10.6. The topological polar surface area (TPSA) is 141 Å². The van der Waals surface area contributed by atoms with Crippen molar-refractivity contribution in [3.05, 3.63) is 35.9 Å². The summed E-state index contributed by atoms with van der Waals surface area (Å²) in [6.45, 7) is -0.0136. The monoisotopic (exact) mass is 487 g/mol. The van der Waals surface area contributed by atoms with Gasteiger partial charge < -0.3 is 15.6 Å². The number of carbonyl (C=O) groups excluding carboxylic acids is 1. The van der Waals surface area contributed by atoms with Gasteiger partial charge in [-0.3, -0.25) is 4.79 Å². The Bertz CT molecular complexity index is 939. The zero-order valence-corrected chi connectivity index (χ0v) is 19.8. The van der Waals surface area contributed by atoms with Crippen LogP contribution in [0.2, 0.25) is 0 Å². The molecule has 1 heterocycles. The quantitative estimate of drug-likeness (QED) is 0.526. The molecule has 1 aliphatic heterocycles. The Labute approximate surface area is 190 Å². The van der Waals surface area contributed by atoms with Gasteiger partial charge in [0.25, 0.3) is 0 Å². The van der Waals surface area contributed by atoms with Gasteiger partial charge in [-0.25, -0.2) is 16.8 Å². The molecular weight excluding hydrogens is 454 g/mol. The third-order valence-electron chi connectivity index (χ3n) is 6.61. The van der Waals surface area contributed by atoms with Crippen LogP contribution in [0.15, 0.2) is 30.3 Å². The molecule has 1 aromatic rings. The first-order valence-corrected chi connectivity index (χ1v) is 14.6. The van der Waals surface area contributed by atoms with Crippen molar-refractivity contribution in [2.45, 2.75) is 68.3 Å². The van der Waals surface area contributed by atoms with Gasteiger partial charge in [0.15, 0.2) is 24.3 Å². The molecular formula is C22H33NO7S2. The number of sulfone groups is 2. The van der Waals surface area contributed by atoms with E-state index in [4.69, 9.17) is 10.5 Å². The van der Waals surface area contributed by atoms with E-state index < -0.39 is 54.7 Å². The van der Waals surface area contributed by atoms with E-state index in [9.17, 15) is 26.7 Å². The second-order valence-corrected chi connectivity index (χ2v) is 13.8. The van der Waals surface area contributed by atoms with E-state index in [1.54, 1.807) is 12.1 Å². The highest BCUT2D eigenvalue weighted by atomic mass is 32.3. The first-order chi connectivity index (χ1) is 15.1. The summed E-state index contributed by atoms with van der Waals surface area (Å²) in [7, 11) is -7.86. The number of benzene rings is 1. The van der Waals surface area contributed by atoms with Crippen LogP contribution in [0.1, 0.15) is 50.5 Å². The number of hydrogen-bond acceptors (Lipinski definition) is 8. The zero-order valence-electron chi connectivity index (χ0n) is 18.1. The molecule has 3 rings (SSSR count). The number of hydrogen-bond donors (Lipinski definition) is 2. The van der Waals surface area contributed by atoms with Crippen LogP contribution in [0.25, 0.3) is 0 Å². The van der Waals surface area contributed by atoms with Crippen LogP contribution >= 0.6 is 0 Å². The summed E-state index contributed by atoms with van der Waals surface area (Å²) in [5, 5.41) is 11.0. The van der Waals surface area contributed by atoms with Crippen LogP contribution < -0.4 is 5.73 Å². The molecule has 0 aromatic heterocycles. The van der Waals surface area contributed by atoms with E-state index in [0.29, 0.717) is 0 Å². The lowest BCUT2D eigenvalue weighted by Gasteiger charge is -2.35. The minimum absolute atomic E-state index is 0.0136. The Morgan fingerprint density at radius 2 is 1.59 bits per heavy atom. The van der Waals surface area contributed by atoms with Crippen LogP contribution in [0.4, 0.5) is 0 Å². The van der Waals surface area contributed by atoms with Crippen LogP contribution in [-0.2, 0) is 35.8 Å². The summed E-state index contributed by atoms with van der Waals surface area (Å²) in [4.78, 5) is 13.0. The predicted octanol–water partition coefficient (Wildman–Crippen LogP) is 1.56. The van der Waals surface area contributed by atoms with Crippen molar-refractivity contribution >= 4 is 25.6 Å². The summed E-state index contributed by atoms with van der Waals surface area (Å²) in [6, 6.07) is 8.29. The van der Waals surface area contributed by atoms with Gasteiger partial charge in [0.05, 0.1) is 23.5 Å². The average molecular weight is 488 g/mol. The molecule has 2 fully saturated rings. The van der Waals surface area contributed by atoms with Crippen molar-refractivity contribution in [3.63, 3.8) is 0 Å². The lowest BCUT2D eigenvalue weighted by molar-refractivity contribution is -0.156. The highest BCUT2D eigenvalue weighted by molar-refractivity contribution is 8.09. The van der Waals surface area contributed by atoms with Gasteiger partial charge >= 0.3 is 5.97 Å². The normalized spacial score (nSPS) is 24.3. The molecule has 2 aliphatic rings. The third kappa shape index (κ3) is 6.09. The van der Waals surface area contributed by atoms with E-state index in [0.717, 1.165) is 37.7 Å². The van der Waals surface area contributed by atoms with E-state index in [-0.39, 0.29) is 30.5 Å². The molecule has 0 bridgehead atoms. The van der Waals surface area contributed by atoms with Crippen LogP contribution in [0, 0.1) is 11.8 Å². The first-order valence-electron chi connectivity index (χ1n) is 11.2. The molecule has 0 amide bonds. The third-order valence-corrected chi connectivity index (χ3v) is 12.1.